The first-order valence-electron chi connectivity index (χ1n) is 5.39. The molecule has 0 saturated carbocycles. The van der Waals surface area contributed by atoms with Crippen LogP contribution in [-0.4, -0.2) is 31.9 Å². The Hall–Kier alpha value is -1.93. The smallest absolute Gasteiger partial charge is 0.242 e. The van der Waals surface area contributed by atoms with E-state index in [1.54, 1.807) is 31.4 Å². The molecule has 7 nitrogen and oxygen atoms in total. The van der Waals surface area contributed by atoms with Crippen LogP contribution in [0.3, 0.4) is 0 Å². The van der Waals surface area contributed by atoms with Crippen LogP contribution in [0.4, 0.5) is 0 Å². The van der Waals surface area contributed by atoms with Gasteiger partial charge in [0.25, 0.3) is 0 Å². The van der Waals surface area contributed by atoms with Crippen molar-refractivity contribution in [3.63, 3.8) is 0 Å². The number of sulfonamides is 1. The molecule has 0 spiro atoms. The number of hydrogen-bond donors (Lipinski definition) is 1. The topological polar surface area (TPSA) is 94.3 Å². The molecule has 0 radical (unpaired) electrons. The maximum absolute atomic E-state index is 10.9. The monoisotopic (exact) mass is 283 g/mol. The average Bonchev–Trinajstić information content (AvgIpc) is 2.84. The molecule has 0 aliphatic heterocycles. The van der Waals surface area contributed by atoms with Gasteiger partial charge in [-0.2, -0.15) is 4.98 Å². The second-order valence-corrected chi connectivity index (χ2v) is 5.67. The molecule has 0 aliphatic carbocycles. The summed E-state index contributed by atoms with van der Waals surface area (Å²) in [6, 6.07) is 7.13. The van der Waals surface area contributed by atoms with E-state index in [1.807, 2.05) is 0 Å². The largest absolute Gasteiger partial charge is 0.497 e. The van der Waals surface area contributed by atoms with E-state index in [1.165, 1.54) is 0 Å². The van der Waals surface area contributed by atoms with Crippen LogP contribution in [0.5, 0.6) is 5.75 Å². The predicted octanol–water partition coefficient (Wildman–Crippen LogP) is 0.794. The molecule has 0 unspecified atom stereocenters. The normalized spacial score (nSPS) is 11.5. The molecule has 19 heavy (non-hydrogen) atoms. The van der Waals surface area contributed by atoms with Gasteiger partial charge in [-0.1, -0.05) is 5.16 Å². The molecule has 0 bridgehead atoms. The Bertz CT molecular complexity index is 649. The van der Waals surface area contributed by atoms with Crippen molar-refractivity contribution >= 4 is 10.0 Å². The maximum Gasteiger partial charge on any atom is 0.242 e. The zero-order valence-corrected chi connectivity index (χ0v) is 11.3. The zero-order chi connectivity index (χ0) is 13.9. The summed E-state index contributed by atoms with van der Waals surface area (Å²) in [6.07, 6.45) is 1.06. The summed E-state index contributed by atoms with van der Waals surface area (Å²) in [4.78, 5) is 4.09. The van der Waals surface area contributed by atoms with Crippen LogP contribution in [-0.2, 0) is 16.6 Å². The van der Waals surface area contributed by atoms with Gasteiger partial charge in [0.1, 0.15) is 5.75 Å². The highest BCUT2D eigenvalue weighted by atomic mass is 32.2. The van der Waals surface area contributed by atoms with Gasteiger partial charge in [-0.05, 0) is 24.3 Å². The van der Waals surface area contributed by atoms with Crippen LogP contribution < -0.4 is 9.46 Å². The van der Waals surface area contributed by atoms with Crippen LogP contribution in [0.1, 0.15) is 5.89 Å². The van der Waals surface area contributed by atoms with E-state index in [0.717, 1.165) is 17.6 Å². The van der Waals surface area contributed by atoms with Crippen LogP contribution in [0.15, 0.2) is 28.8 Å². The summed E-state index contributed by atoms with van der Waals surface area (Å²) >= 11 is 0. The first kappa shape index (κ1) is 13.5. The third kappa shape index (κ3) is 3.76. The molecule has 0 fully saturated rings. The number of benzene rings is 1. The second-order valence-electron chi connectivity index (χ2n) is 3.83. The lowest BCUT2D eigenvalue weighted by atomic mass is 10.2. The Morgan fingerprint density at radius 1 is 1.32 bits per heavy atom. The molecule has 1 heterocycles. The molecular formula is C11H13N3O4S. The third-order valence-electron chi connectivity index (χ3n) is 2.30. The van der Waals surface area contributed by atoms with Crippen molar-refractivity contribution < 1.29 is 17.7 Å². The Kier molecular flexibility index (Phi) is 3.82. The molecular weight excluding hydrogens is 270 g/mol. The lowest BCUT2D eigenvalue weighted by Crippen LogP contribution is -2.21. The Morgan fingerprint density at radius 3 is 2.58 bits per heavy atom. The number of nitrogens with one attached hydrogen (secondary N) is 1. The first-order valence-corrected chi connectivity index (χ1v) is 7.29. The average molecular weight is 283 g/mol. The highest BCUT2D eigenvalue weighted by Gasteiger charge is 2.10. The van der Waals surface area contributed by atoms with Crippen molar-refractivity contribution in [2.75, 3.05) is 13.4 Å². The molecule has 102 valence electrons. The standard InChI is InChI=1S/C11H13N3O4S/c1-17-9-5-3-8(4-6-9)11-13-10(18-14-11)7-12-19(2,15)16/h3-6,12H,7H2,1-2H3. The molecule has 0 saturated heterocycles. The van der Waals surface area contributed by atoms with E-state index in [0.29, 0.717) is 5.82 Å². The third-order valence-corrected chi connectivity index (χ3v) is 2.97. The van der Waals surface area contributed by atoms with Crippen LogP contribution in [0.25, 0.3) is 11.4 Å². The quantitative estimate of drug-likeness (QED) is 0.872. The number of aromatic nitrogens is 2. The van der Waals surface area contributed by atoms with Crippen molar-refractivity contribution in [1.29, 1.82) is 0 Å². The van der Waals surface area contributed by atoms with E-state index in [4.69, 9.17) is 9.26 Å². The van der Waals surface area contributed by atoms with Gasteiger partial charge in [-0.3, -0.25) is 0 Å². The molecule has 1 aromatic heterocycles. The van der Waals surface area contributed by atoms with Crippen LogP contribution in [0, 0.1) is 0 Å². The summed E-state index contributed by atoms with van der Waals surface area (Å²) in [6.45, 7) is -0.0258. The minimum atomic E-state index is -3.28. The van der Waals surface area contributed by atoms with Gasteiger partial charge in [0.2, 0.25) is 21.7 Å². The minimum absolute atomic E-state index is 0.0258. The van der Waals surface area contributed by atoms with Crippen molar-refractivity contribution in [3.8, 4) is 17.1 Å². The van der Waals surface area contributed by atoms with Crippen molar-refractivity contribution in [2.45, 2.75) is 6.54 Å². The van der Waals surface area contributed by atoms with E-state index >= 15 is 0 Å². The highest BCUT2D eigenvalue weighted by Crippen LogP contribution is 2.19. The number of hydrogen-bond acceptors (Lipinski definition) is 6. The first-order chi connectivity index (χ1) is 8.98. The van der Waals surface area contributed by atoms with E-state index in [-0.39, 0.29) is 12.4 Å². The lowest BCUT2D eigenvalue weighted by Gasteiger charge is -1.99. The van der Waals surface area contributed by atoms with Crippen molar-refractivity contribution in [2.24, 2.45) is 0 Å². The van der Waals surface area contributed by atoms with Crippen molar-refractivity contribution in [3.05, 3.63) is 30.2 Å². The number of methoxy groups -OCH3 is 1. The molecule has 0 amide bonds. The number of ether oxygens (including phenoxy) is 1. The Morgan fingerprint density at radius 2 is 2.00 bits per heavy atom. The molecule has 1 N–H and O–H groups in total. The SMILES string of the molecule is COc1ccc(-c2noc(CNS(C)(=O)=O)n2)cc1. The zero-order valence-electron chi connectivity index (χ0n) is 10.5. The van der Waals surface area contributed by atoms with Gasteiger partial charge in [0.05, 0.1) is 19.9 Å². The molecule has 2 aromatic rings. The maximum atomic E-state index is 10.9. The summed E-state index contributed by atoms with van der Waals surface area (Å²) in [5.74, 6) is 1.33. The van der Waals surface area contributed by atoms with Crippen molar-refractivity contribution in [1.82, 2.24) is 14.9 Å². The molecule has 1 aromatic carbocycles. The minimum Gasteiger partial charge on any atom is -0.497 e. The fraction of sp³-hybridized carbons (Fsp3) is 0.273. The van der Waals surface area contributed by atoms with Gasteiger partial charge in [0, 0.05) is 5.56 Å². The van der Waals surface area contributed by atoms with Crippen LogP contribution >= 0.6 is 0 Å². The van der Waals surface area contributed by atoms with Gasteiger partial charge in [0.15, 0.2) is 0 Å². The number of nitrogens with zero attached hydrogens (tertiary/aromatic N) is 2. The lowest BCUT2D eigenvalue weighted by molar-refractivity contribution is 0.376. The van der Waals surface area contributed by atoms with E-state index in [9.17, 15) is 8.42 Å². The summed E-state index contributed by atoms with van der Waals surface area (Å²) < 4.78 is 34.1. The molecule has 2 rings (SSSR count). The van der Waals surface area contributed by atoms with Gasteiger partial charge in [-0.25, -0.2) is 13.1 Å². The molecule has 0 aliphatic rings. The fourth-order valence-corrected chi connectivity index (χ4v) is 1.76. The highest BCUT2D eigenvalue weighted by molar-refractivity contribution is 7.88. The molecule has 0 atom stereocenters. The van der Waals surface area contributed by atoms with Gasteiger partial charge >= 0.3 is 0 Å². The Labute approximate surface area is 110 Å². The van der Waals surface area contributed by atoms with Gasteiger partial charge < -0.3 is 9.26 Å². The Balaban J connectivity index is 2.11. The fourth-order valence-electron chi connectivity index (χ4n) is 1.38. The number of rotatable bonds is 5. The van der Waals surface area contributed by atoms with Crippen LogP contribution in [0.2, 0.25) is 0 Å². The summed E-state index contributed by atoms with van der Waals surface area (Å²) in [7, 11) is -1.70. The van der Waals surface area contributed by atoms with Gasteiger partial charge in [-0.15, -0.1) is 0 Å². The van der Waals surface area contributed by atoms with E-state index in [2.05, 4.69) is 14.9 Å². The van der Waals surface area contributed by atoms with E-state index < -0.39 is 10.0 Å². The second kappa shape index (κ2) is 5.37. The molecule has 8 heteroatoms. The summed E-state index contributed by atoms with van der Waals surface area (Å²) in [5.41, 5.74) is 0.759. The summed E-state index contributed by atoms with van der Waals surface area (Å²) in [5, 5.41) is 3.78. The predicted molar refractivity (Wildman–Crippen MR) is 68.0 cm³/mol.